The summed E-state index contributed by atoms with van der Waals surface area (Å²) < 4.78 is 5.12. The van der Waals surface area contributed by atoms with Gasteiger partial charge >= 0.3 is 5.97 Å². The van der Waals surface area contributed by atoms with Crippen LogP contribution in [0, 0.1) is 0 Å². The van der Waals surface area contributed by atoms with Crippen molar-refractivity contribution >= 4 is 17.6 Å². The Balaban J connectivity index is 1.85. The van der Waals surface area contributed by atoms with Gasteiger partial charge in [0.25, 0.3) is 0 Å². The van der Waals surface area contributed by atoms with Crippen LogP contribution < -0.4 is 5.32 Å². The fourth-order valence-electron chi connectivity index (χ4n) is 2.10. The molecular formula is C19H21NO3. The molecule has 0 fully saturated rings. The molecule has 0 heterocycles. The summed E-state index contributed by atoms with van der Waals surface area (Å²) in [6.07, 6.45) is 0.965. The minimum Gasteiger partial charge on any atom is -0.459 e. The highest BCUT2D eigenvalue weighted by Gasteiger charge is 2.09. The van der Waals surface area contributed by atoms with Crippen LogP contribution in [-0.2, 0) is 16.0 Å². The number of aryl methyl sites for hydroxylation is 1. The van der Waals surface area contributed by atoms with Crippen molar-refractivity contribution in [1.29, 1.82) is 0 Å². The molecule has 23 heavy (non-hydrogen) atoms. The number of rotatable bonds is 6. The maximum atomic E-state index is 11.9. The molecule has 0 aliphatic carbocycles. The molecule has 1 amide bonds. The summed E-state index contributed by atoms with van der Waals surface area (Å²) in [6, 6.07) is 16.6. The van der Waals surface area contributed by atoms with E-state index in [0.29, 0.717) is 24.1 Å². The lowest BCUT2D eigenvalue weighted by Crippen LogP contribution is -2.13. The van der Waals surface area contributed by atoms with E-state index in [4.69, 9.17) is 4.74 Å². The SMILES string of the molecule is CC(C)OC(=O)c1ccc(NC(=O)CCc2ccccc2)cc1. The molecule has 0 unspecified atom stereocenters. The summed E-state index contributed by atoms with van der Waals surface area (Å²) in [6.45, 7) is 3.61. The fourth-order valence-corrected chi connectivity index (χ4v) is 2.10. The maximum absolute atomic E-state index is 11.9. The molecule has 0 radical (unpaired) electrons. The van der Waals surface area contributed by atoms with Crippen molar-refractivity contribution in [3.8, 4) is 0 Å². The number of esters is 1. The van der Waals surface area contributed by atoms with Crippen LogP contribution in [0.25, 0.3) is 0 Å². The third-order valence-corrected chi connectivity index (χ3v) is 3.23. The van der Waals surface area contributed by atoms with Gasteiger partial charge in [-0.3, -0.25) is 4.79 Å². The van der Waals surface area contributed by atoms with E-state index in [1.807, 2.05) is 30.3 Å². The van der Waals surface area contributed by atoms with Crippen molar-refractivity contribution in [1.82, 2.24) is 0 Å². The van der Waals surface area contributed by atoms with Gasteiger partial charge in [0.05, 0.1) is 11.7 Å². The largest absolute Gasteiger partial charge is 0.459 e. The normalized spacial score (nSPS) is 10.4. The zero-order valence-corrected chi connectivity index (χ0v) is 13.4. The molecular weight excluding hydrogens is 290 g/mol. The van der Waals surface area contributed by atoms with Crippen LogP contribution >= 0.6 is 0 Å². The monoisotopic (exact) mass is 311 g/mol. The van der Waals surface area contributed by atoms with Crippen LogP contribution in [0.2, 0.25) is 0 Å². The molecule has 0 bridgehead atoms. The molecule has 2 aromatic rings. The molecule has 120 valence electrons. The predicted octanol–water partition coefficient (Wildman–Crippen LogP) is 3.82. The zero-order chi connectivity index (χ0) is 16.7. The maximum Gasteiger partial charge on any atom is 0.338 e. The molecule has 0 atom stereocenters. The molecule has 1 N–H and O–H groups in total. The molecule has 0 aromatic heterocycles. The first-order valence-electron chi connectivity index (χ1n) is 7.69. The molecule has 2 rings (SSSR count). The average Bonchev–Trinajstić information content (AvgIpc) is 2.54. The highest BCUT2D eigenvalue weighted by Crippen LogP contribution is 2.12. The molecule has 0 aliphatic heterocycles. The van der Waals surface area contributed by atoms with Crippen LogP contribution in [0.3, 0.4) is 0 Å². The van der Waals surface area contributed by atoms with Gasteiger partial charge in [-0.2, -0.15) is 0 Å². The smallest absolute Gasteiger partial charge is 0.338 e. The van der Waals surface area contributed by atoms with Crippen molar-refractivity contribution in [2.45, 2.75) is 32.8 Å². The third kappa shape index (κ3) is 5.58. The van der Waals surface area contributed by atoms with Crippen LogP contribution in [0.15, 0.2) is 54.6 Å². The molecule has 0 saturated carbocycles. The number of hydrogen-bond acceptors (Lipinski definition) is 3. The minimum atomic E-state index is -0.359. The van der Waals surface area contributed by atoms with Gasteiger partial charge in [-0.1, -0.05) is 30.3 Å². The number of anilines is 1. The van der Waals surface area contributed by atoms with Crippen molar-refractivity contribution < 1.29 is 14.3 Å². The number of nitrogens with one attached hydrogen (secondary N) is 1. The summed E-state index contributed by atoms with van der Waals surface area (Å²) in [5, 5.41) is 2.83. The molecule has 4 nitrogen and oxygen atoms in total. The van der Waals surface area contributed by atoms with Gasteiger partial charge in [0, 0.05) is 12.1 Å². The van der Waals surface area contributed by atoms with Gasteiger partial charge in [0.1, 0.15) is 0 Å². The van der Waals surface area contributed by atoms with E-state index in [1.165, 1.54) is 0 Å². The van der Waals surface area contributed by atoms with Gasteiger partial charge in [0.2, 0.25) is 5.91 Å². The fraction of sp³-hybridized carbons (Fsp3) is 0.263. The van der Waals surface area contributed by atoms with E-state index in [2.05, 4.69) is 5.32 Å². The van der Waals surface area contributed by atoms with Crippen molar-refractivity contribution in [3.05, 3.63) is 65.7 Å². The summed E-state index contributed by atoms with van der Waals surface area (Å²) in [5.74, 6) is -0.409. The minimum absolute atomic E-state index is 0.0497. The van der Waals surface area contributed by atoms with Crippen LogP contribution in [0.5, 0.6) is 0 Å². The molecule has 0 saturated heterocycles. The Morgan fingerprint density at radius 3 is 2.26 bits per heavy atom. The Morgan fingerprint density at radius 1 is 1.00 bits per heavy atom. The predicted molar refractivity (Wildman–Crippen MR) is 90.4 cm³/mol. The van der Waals surface area contributed by atoms with E-state index in [1.54, 1.807) is 38.1 Å². The first kappa shape index (κ1) is 16.7. The molecule has 4 heteroatoms. The second-order valence-corrected chi connectivity index (χ2v) is 5.57. The quantitative estimate of drug-likeness (QED) is 0.825. The number of hydrogen-bond donors (Lipinski definition) is 1. The van der Waals surface area contributed by atoms with Crippen LogP contribution in [0.1, 0.15) is 36.2 Å². The zero-order valence-electron chi connectivity index (χ0n) is 13.4. The van der Waals surface area contributed by atoms with E-state index in [0.717, 1.165) is 5.56 Å². The summed E-state index contributed by atoms with van der Waals surface area (Å²) in [7, 11) is 0. The summed E-state index contributed by atoms with van der Waals surface area (Å²) in [4.78, 5) is 23.7. The summed E-state index contributed by atoms with van der Waals surface area (Å²) >= 11 is 0. The van der Waals surface area contributed by atoms with Gasteiger partial charge in [-0.25, -0.2) is 4.79 Å². The number of benzene rings is 2. The second kappa shape index (κ2) is 8.13. The molecule has 0 spiro atoms. The highest BCUT2D eigenvalue weighted by atomic mass is 16.5. The van der Waals surface area contributed by atoms with Gasteiger partial charge in [-0.15, -0.1) is 0 Å². The lowest BCUT2D eigenvalue weighted by molar-refractivity contribution is -0.116. The van der Waals surface area contributed by atoms with Gasteiger partial charge in [-0.05, 0) is 50.1 Å². The Bertz CT molecular complexity index is 648. The first-order chi connectivity index (χ1) is 11.0. The van der Waals surface area contributed by atoms with Gasteiger partial charge in [0.15, 0.2) is 0 Å². The number of carbonyl (C=O) groups is 2. The second-order valence-electron chi connectivity index (χ2n) is 5.57. The standard InChI is InChI=1S/C19H21NO3/c1-14(2)23-19(22)16-9-11-17(12-10-16)20-18(21)13-8-15-6-4-3-5-7-15/h3-7,9-12,14H,8,13H2,1-2H3,(H,20,21). The van der Waals surface area contributed by atoms with Crippen molar-refractivity contribution in [2.75, 3.05) is 5.32 Å². The first-order valence-corrected chi connectivity index (χ1v) is 7.69. The van der Waals surface area contributed by atoms with E-state index in [-0.39, 0.29) is 18.0 Å². The lowest BCUT2D eigenvalue weighted by Gasteiger charge is -2.09. The Hall–Kier alpha value is -2.62. The van der Waals surface area contributed by atoms with E-state index < -0.39 is 0 Å². The number of ether oxygens (including phenoxy) is 1. The highest BCUT2D eigenvalue weighted by molar-refractivity contribution is 5.93. The topological polar surface area (TPSA) is 55.4 Å². The third-order valence-electron chi connectivity index (χ3n) is 3.23. The Labute approximate surface area is 136 Å². The molecule has 0 aliphatic rings. The van der Waals surface area contributed by atoms with Gasteiger partial charge < -0.3 is 10.1 Å². The Kier molecular flexibility index (Phi) is 5.92. The van der Waals surface area contributed by atoms with Crippen LogP contribution in [0.4, 0.5) is 5.69 Å². The summed E-state index contributed by atoms with van der Waals surface area (Å²) in [5.41, 5.74) is 2.28. The average molecular weight is 311 g/mol. The molecule has 2 aromatic carbocycles. The van der Waals surface area contributed by atoms with Crippen molar-refractivity contribution in [2.24, 2.45) is 0 Å². The van der Waals surface area contributed by atoms with E-state index in [9.17, 15) is 9.59 Å². The number of carbonyl (C=O) groups excluding carboxylic acids is 2. The van der Waals surface area contributed by atoms with Crippen molar-refractivity contribution in [3.63, 3.8) is 0 Å². The Morgan fingerprint density at radius 2 is 1.65 bits per heavy atom. The van der Waals surface area contributed by atoms with E-state index >= 15 is 0 Å². The number of amides is 1. The lowest BCUT2D eigenvalue weighted by atomic mass is 10.1. The van der Waals surface area contributed by atoms with Crippen LogP contribution in [-0.4, -0.2) is 18.0 Å².